The van der Waals surface area contributed by atoms with Crippen molar-refractivity contribution in [1.29, 1.82) is 0 Å². The van der Waals surface area contributed by atoms with Crippen molar-refractivity contribution in [2.45, 2.75) is 19.8 Å². The molecule has 3 aromatic rings. The molecule has 0 saturated heterocycles. The van der Waals surface area contributed by atoms with Gasteiger partial charge in [0.15, 0.2) is 0 Å². The van der Waals surface area contributed by atoms with Crippen molar-refractivity contribution in [3.8, 4) is 10.6 Å². The second-order valence-electron chi connectivity index (χ2n) is 5.36. The van der Waals surface area contributed by atoms with E-state index in [2.05, 4.69) is 15.6 Å². The molecule has 0 bridgehead atoms. The molecule has 0 aliphatic carbocycles. The van der Waals surface area contributed by atoms with Gasteiger partial charge >= 0.3 is 0 Å². The molecule has 128 valence electrons. The maximum atomic E-state index is 12.2. The van der Waals surface area contributed by atoms with Crippen molar-refractivity contribution in [2.24, 2.45) is 0 Å². The lowest BCUT2D eigenvalue weighted by Crippen LogP contribution is -2.14. The van der Waals surface area contributed by atoms with Gasteiger partial charge in [-0.05, 0) is 35.7 Å². The molecule has 0 aliphatic rings. The minimum Gasteiger partial charge on any atom is -0.326 e. The zero-order chi connectivity index (χ0) is 17.6. The number of nitrogens with one attached hydrogen (secondary N) is 2. The molecule has 7 heteroatoms. The fourth-order valence-corrected chi connectivity index (χ4v) is 3.69. The Kier molecular flexibility index (Phi) is 5.57. The first-order chi connectivity index (χ1) is 12.1. The third-order valence-corrected chi connectivity index (χ3v) is 5.06. The highest BCUT2D eigenvalue weighted by Crippen LogP contribution is 2.26. The molecule has 0 saturated carbocycles. The standard InChI is InChI=1S/C18H17N3O2S2/c1-2-16(22)19-13-3-5-14(6-4-13)20-17(23)9-15-11-25-18(21-15)12-7-8-24-10-12/h3-8,10-11H,2,9H2,1H3,(H,19,22)(H,20,23). The lowest BCUT2D eigenvalue weighted by atomic mass is 10.2. The van der Waals surface area contributed by atoms with Gasteiger partial charge in [0.1, 0.15) is 5.01 Å². The fraction of sp³-hybridized carbons (Fsp3) is 0.167. The monoisotopic (exact) mass is 371 g/mol. The van der Waals surface area contributed by atoms with Crippen LogP contribution in [0, 0.1) is 0 Å². The molecule has 0 unspecified atom stereocenters. The predicted molar refractivity (Wildman–Crippen MR) is 103 cm³/mol. The van der Waals surface area contributed by atoms with Gasteiger partial charge in [-0.3, -0.25) is 9.59 Å². The van der Waals surface area contributed by atoms with Gasteiger partial charge in [0.2, 0.25) is 11.8 Å². The molecule has 0 spiro atoms. The van der Waals surface area contributed by atoms with Crippen molar-refractivity contribution in [3.63, 3.8) is 0 Å². The molecule has 0 atom stereocenters. The predicted octanol–water partition coefficient (Wildman–Crippen LogP) is 4.40. The van der Waals surface area contributed by atoms with Crippen LogP contribution < -0.4 is 10.6 Å². The molecule has 1 aromatic carbocycles. The minimum absolute atomic E-state index is 0.0401. The van der Waals surface area contributed by atoms with Crippen molar-refractivity contribution in [1.82, 2.24) is 4.98 Å². The largest absolute Gasteiger partial charge is 0.326 e. The van der Waals surface area contributed by atoms with Gasteiger partial charge < -0.3 is 10.6 Å². The van der Waals surface area contributed by atoms with Crippen LogP contribution in [0.25, 0.3) is 10.6 Å². The highest BCUT2D eigenvalue weighted by atomic mass is 32.1. The number of rotatable bonds is 6. The van der Waals surface area contributed by atoms with E-state index < -0.39 is 0 Å². The number of thiazole rings is 1. The summed E-state index contributed by atoms with van der Waals surface area (Å²) < 4.78 is 0. The third kappa shape index (κ3) is 4.74. The van der Waals surface area contributed by atoms with Crippen molar-refractivity contribution >= 4 is 45.9 Å². The summed E-state index contributed by atoms with van der Waals surface area (Å²) in [7, 11) is 0. The summed E-state index contributed by atoms with van der Waals surface area (Å²) in [4.78, 5) is 28.0. The van der Waals surface area contributed by atoms with Crippen molar-refractivity contribution in [2.75, 3.05) is 10.6 Å². The first-order valence-electron chi connectivity index (χ1n) is 7.81. The molecule has 0 fully saturated rings. The molecule has 0 radical (unpaired) electrons. The summed E-state index contributed by atoms with van der Waals surface area (Å²) in [6.45, 7) is 1.80. The number of aromatic nitrogens is 1. The average molecular weight is 371 g/mol. The van der Waals surface area contributed by atoms with Crippen LogP contribution in [0.2, 0.25) is 0 Å². The van der Waals surface area contributed by atoms with E-state index in [1.807, 2.05) is 22.2 Å². The van der Waals surface area contributed by atoms with Crippen LogP contribution in [0.1, 0.15) is 19.0 Å². The SMILES string of the molecule is CCC(=O)Nc1ccc(NC(=O)Cc2csc(-c3ccsc3)n2)cc1. The van der Waals surface area contributed by atoms with E-state index in [0.717, 1.165) is 16.3 Å². The maximum Gasteiger partial charge on any atom is 0.230 e. The Hall–Kier alpha value is -2.51. The number of hydrogen-bond donors (Lipinski definition) is 2. The number of carbonyl (C=O) groups is 2. The Morgan fingerprint density at radius 1 is 1.00 bits per heavy atom. The lowest BCUT2D eigenvalue weighted by Gasteiger charge is -2.07. The molecule has 25 heavy (non-hydrogen) atoms. The normalized spacial score (nSPS) is 10.4. The van der Waals surface area contributed by atoms with Crippen LogP contribution >= 0.6 is 22.7 Å². The van der Waals surface area contributed by atoms with Crippen molar-refractivity contribution in [3.05, 3.63) is 52.2 Å². The summed E-state index contributed by atoms with van der Waals surface area (Å²) >= 11 is 3.17. The van der Waals surface area contributed by atoms with Crippen molar-refractivity contribution < 1.29 is 9.59 Å². The van der Waals surface area contributed by atoms with E-state index in [0.29, 0.717) is 17.8 Å². The molecule has 2 amide bonds. The van der Waals surface area contributed by atoms with Gasteiger partial charge in [0, 0.05) is 34.1 Å². The van der Waals surface area contributed by atoms with Gasteiger partial charge in [0.25, 0.3) is 0 Å². The quantitative estimate of drug-likeness (QED) is 0.674. The second-order valence-corrected chi connectivity index (χ2v) is 7.00. The fourth-order valence-electron chi connectivity index (χ4n) is 2.16. The number of thiophene rings is 1. The molecule has 0 aliphatic heterocycles. The molecular weight excluding hydrogens is 354 g/mol. The summed E-state index contributed by atoms with van der Waals surface area (Å²) in [5, 5.41) is 12.5. The van der Waals surface area contributed by atoms with E-state index in [1.165, 1.54) is 0 Å². The zero-order valence-corrected chi connectivity index (χ0v) is 15.2. The van der Waals surface area contributed by atoms with Crippen LogP contribution in [0.15, 0.2) is 46.5 Å². The highest BCUT2D eigenvalue weighted by molar-refractivity contribution is 7.14. The van der Waals surface area contributed by atoms with Crippen LogP contribution in [0.5, 0.6) is 0 Å². The van der Waals surface area contributed by atoms with Crippen LogP contribution in [-0.2, 0) is 16.0 Å². The van der Waals surface area contributed by atoms with Crippen LogP contribution in [-0.4, -0.2) is 16.8 Å². The van der Waals surface area contributed by atoms with E-state index in [4.69, 9.17) is 0 Å². The number of anilines is 2. The van der Waals surface area contributed by atoms with Gasteiger partial charge in [-0.15, -0.1) is 11.3 Å². The Morgan fingerprint density at radius 2 is 1.68 bits per heavy atom. The smallest absolute Gasteiger partial charge is 0.230 e. The first-order valence-corrected chi connectivity index (χ1v) is 9.63. The van der Waals surface area contributed by atoms with E-state index in [-0.39, 0.29) is 18.2 Å². The summed E-state index contributed by atoms with van der Waals surface area (Å²) in [6.07, 6.45) is 0.661. The van der Waals surface area contributed by atoms with Gasteiger partial charge in [-0.25, -0.2) is 4.98 Å². The minimum atomic E-state index is -0.118. The summed E-state index contributed by atoms with van der Waals surface area (Å²) in [5.74, 6) is -0.158. The summed E-state index contributed by atoms with van der Waals surface area (Å²) in [5.41, 5.74) is 3.25. The second kappa shape index (κ2) is 8.04. The topological polar surface area (TPSA) is 71.1 Å². The molecule has 3 rings (SSSR count). The van der Waals surface area contributed by atoms with Crippen LogP contribution in [0.4, 0.5) is 11.4 Å². The Bertz CT molecular complexity index is 855. The van der Waals surface area contributed by atoms with E-state index in [9.17, 15) is 9.59 Å². The average Bonchev–Trinajstić information content (AvgIpc) is 3.27. The third-order valence-electron chi connectivity index (χ3n) is 3.44. The number of benzene rings is 1. The molecular formula is C18H17N3O2S2. The first kappa shape index (κ1) is 17.3. The molecule has 2 aromatic heterocycles. The maximum absolute atomic E-state index is 12.2. The lowest BCUT2D eigenvalue weighted by molar-refractivity contribution is -0.116. The summed E-state index contributed by atoms with van der Waals surface area (Å²) in [6, 6.07) is 9.08. The number of nitrogens with zero attached hydrogens (tertiary/aromatic N) is 1. The zero-order valence-electron chi connectivity index (χ0n) is 13.6. The number of hydrogen-bond acceptors (Lipinski definition) is 5. The Labute approximate surface area is 153 Å². The highest BCUT2D eigenvalue weighted by Gasteiger charge is 2.10. The van der Waals surface area contributed by atoms with Gasteiger partial charge in [0.05, 0.1) is 12.1 Å². The van der Waals surface area contributed by atoms with Gasteiger partial charge in [-0.2, -0.15) is 11.3 Å². The van der Waals surface area contributed by atoms with E-state index >= 15 is 0 Å². The van der Waals surface area contributed by atoms with Crippen LogP contribution in [0.3, 0.4) is 0 Å². The van der Waals surface area contributed by atoms with E-state index in [1.54, 1.807) is 53.9 Å². The van der Waals surface area contributed by atoms with Gasteiger partial charge in [-0.1, -0.05) is 6.92 Å². The Morgan fingerprint density at radius 3 is 2.28 bits per heavy atom. The number of amides is 2. The molecule has 2 N–H and O–H groups in total. The molecule has 5 nitrogen and oxygen atoms in total. The number of carbonyl (C=O) groups excluding carboxylic acids is 2. The molecule has 2 heterocycles. The Balaban J connectivity index is 1.56.